The number of fused-ring (bicyclic) bond motifs is 3. The number of H-pyrrole nitrogens is 1. The maximum atomic E-state index is 12.2. The number of aryl methyl sites for hydroxylation is 1. The molecule has 23 heavy (non-hydrogen) atoms. The zero-order chi connectivity index (χ0) is 15.8. The van der Waals surface area contributed by atoms with Crippen LogP contribution in [0, 0.1) is 0 Å². The molecule has 4 rings (SSSR count). The maximum Gasteiger partial charge on any atom is 0.274 e. The summed E-state index contributed by atoms with van der Waals surface area (Å²) in [6.45, 7) is 0.524. The standard InChI is InChI=1S/C19H16N2O2/c1-21-10-9-15-16-11-14(23-12-13-5-3-2-4-6-13)7-8-17(16)20-18(15)19(21)22/h2-11,20H,12H2,1H3. The highest BCUT2D eigenvalue weighted by molar-refractivity contribution is 6.07. The van der Waals surface area contributed by atoms with Gasteiger partial charge in [0, 0.05) is 29.5 Å². The molecule has 4 nitrogen and oxygen atoms in total. The predicted octanol–water partition coefficient (Wildman–Crippen LogP) is 3.60. The molecule has 0 saturated heterocycles. The van der Waals surface area contributed by atoms with Gasteiger partial charge in [0.15, 0.2) is 0 Å². The molecule has 0 spiro atoms. The summed E-state index contributed by atoms with van der Waals surface area (Å²) in [5.41, 5.74) is 2.67. The Morgan fingerprint density at radius 2 is 1.87 bits per heavy atom. The molecule has 0 aliphatic heterocycles. The zero-order valence-electron chi connectivity index (χ0n) is 12.7. The molecule has 114 valence electrons. The Hall–Kier alpha value is -3.01. The number of ether oxygens (including phenoxy) is 1. The van der Waals surface area contributed by atoms with Gasteiger partial charge in [0.05, 0.1) is 0 Å². The highest BCUT2D eigenvalue weighted by Gasteiger charge is 2.09. The third kappa shape index (κ3) is 2.38. The lowest BCUT2D eigenvalue weighted by atomic mass is 10.2. The Morgan fingerprint density at radius 1 is 1.04 bits per heavy atom. The molecule has 2 aromatic heterocycles. The van der Waals surface area contributed by atoms with Gasteiger partial charge in [-0.1, -0.05) is 30.3 Å². The van der Waals surface area contributed by atoms with Crippen molar-refractivity contribution in [2.24, 2.45) is 7.05 Å². The molecule has 0 amide bonds. The second-order valence-electron chi connectivity index (χ2n) is 5.63. The topological polar surface area (TPSA) is 47.0 Å². The molecule has 0 aliphatic rings. The first-order valence-electron chi connectivity index (χ1n) is 7.50. The van der Waals surface area contributed by atoms with Crippen molar-refractivity contribution in [2.45, 2.75) is 6.61 Å². The van der Waals surface area contributed by atoms with Gasteiger partial charge in [0.2, 0.25) is 0 Å². The van der Waals surface area contributed by atoms with E-state index in [1.54, 1.807) is 17.8 Å². The third-order valence-electron chi connectivity index (χ3n) is 4.06. The van der Waals surface area contributed by atoms with Crippen LogP contribution in [0.1, 0.15) is 5.56 Å². The number of nitrogens with one attached hydrogen (secondary N) is 1. The van der Waals surface area contributed by atoms with E-state index in [-0.39, 0.29) is 5.56 Å². The molecule has 0 fully saturated rings. The molecule has 4 heteroatoms. The summed E-state index contributed by atoms with van der Waals surface area (Å²) < 4.78 is 7.45. The average Bonchev–Trinajstić information content (AvgIpc) is 2.96. The summed E-state index contributed by atoms with van der Waals surface area (Å²) >= 11 is 0. The Labute approximate surface area is 132 Å². The number of rotatable bonds is 3. The summed E-state index contributed by atoms with van der Waals surface area (Å²) in [5, 5.41) is 1.93. The quantitative estimate of drug-likeness (QED) is 0.628. The Kier molecular flexibility index (Phi) is 3.15. The van der Waals surface area contributed by atoms with Crippen LogP contribution in [-0.4, -0.2) is 9.55 Å². The van der Waals surface area contributed by atoms with Crippen LogP contribution in [0.3, 0.4) is 0 Å². The Morgan fingerprint density at radius 3 is 2.70 bits per heavy atom. The highest BCUT2D eigenvalue weighted by atomic mass is 16.5. The number of pyridine rings is 1. The first kappa shape index (κ1) is 13.6. The van der Waals surface area contributed by atoms with Gasteiger partial charge >= 0.3 is 0 Å². The van der Waals surface area contributed by atoms with E-state index in [0.29, 0.717) is 12.1 Å². The van der Waals surface area contributed by atoms with E-state index in [0.717, 1.165) is 27.6 Å². The fourth-order valence-corrected chi connectivity index (χ4v) is 2.79. The minimum atomic E-state index is -0.0227. The summed E-state index contributed by atoms with van der Waals surface area (Å²) in [6.07, 6.45) is 1.79. The fraction of sp³-hybridized carbons (Fsp3) is 0.105. The third-order valence-corrected chi connectivity index (χ3v) is 4.06. The van der Waals surface area contributed by atoms with E-state index in [1.165, 1.54) is 0 Å². The van der Waals surface area contributed by atoms with Gasteiger partial charge in [-0.05, 0) is 29.8 Å². The normalized spacial score (nSPS) is 11.2. The molecule has 0 unspecified atom stereocenters. The second kappa shape index (κ2) is 5.32. The van der Waals surface area contributed by atoms with E-state index in [4.69, 9.17) is 4.74 Å². The van der Waals surface area contributed by atoms with Gasteiger partial charge in [-0.25, -0.2) is 0 Å². The van der Waals surface area contributed by atoms with Crippen molar-refractivity contribution in [1.29, 1.82) is 0 Å². The van der Waals surface area contributed by atoms with Crippen molar-refractivity contribution in [3.05, 3.63) is 76.7 Å². The van der Waals surface area contributed by atoms with Gasteiger partial charge < -0.3 is 14.3 Å². The molecular weight excluding hydrogens is 288 g/mol. The largest absolute Gasteiger partial charge is 0.489 e. The lowest BCUT2D eigenvalue weighted by Gasteiger charge is -2.06. The lowest BCUT2D eigenvalue weighted by molar-refractivity contribution is 0.306. The smallest absolute Gasteiger partial charge is 0.274 e. The number of hydrogen-bond acceptors (Lipinski definition) is 2. The zero-order valence-corrected chi connectivity index (χ0v) is 12.7. The van der Waals surface area contributed by atoms with Crippen LogP contribution in [0.4, 0.5) is 0 Å². The second-order valence-corrected chi connectivity index (χ2v) is 5.63. The first-order chi connectivity index (χ1) is 11.2. The maximum absolute atomic E-state index is 12.2. The van der Waals surface area contributed by atoms with Gasteiger partial charge in [0.1, 0.15) is 17.9 Å². The van der Waals surface area contributed by atoms with Gasteiger partial charge in [0.25, 0.3) is 5.56 Å². The molecule has 2 heterocycles. The van der Waals surface area contributed by atoms with Crippen molar-refractivity contribution in [2.75, 3.05) is 0 Å². The lowest BCUT2D eigenvalue weighted by Crippen LogP contribution is -2.15. The SMILES string of the molecule is Cn1ccc2c([nH]c3ccc(OCc4ccccc4)cc32)c1=O. The highest BCUT2D eigenvalue weighted by Crippen LogP contribution is 2.27. The van der Waals surface area contributed by atoms with E-state index < -0.39 is 0 Å². The van der Waals surface area contributed by atoms with Gasteiger partial charge in [-0.2, -0.15) is 0 Å². The van der Waals surface area contributed by atoms with Crippen molar-refractivity contribution < 1.29 is 4.74 Å². The number of hydrogen-bond donors (Lipinski definition) is 1. The van der Waals surface area contributed by atoms with E-state index in [2.05, 4.69) is 4.98 Å². The van der Waals surface area contributed by atoms with Crippen LogP contribution in [-0.2, 0) is 13.7 Å². The number of benzene rings is 2. The van der Waals surface area contributed by atoms with Crippen LogP contribution < -0.4 is 10.3 Å². The molecule has 4 aromatic rings. The van der Waals surface area contributed by atoms with Crippen LogP contribution in [0.5, 0.6) is 5.75 Å². The molecule has 0 saturated carbocycles. The summed E-state index contributed by atoms with van der Waals surface area (Å²) in [4.78, 5) is 15.4. The van der Waals surface area contributed by atoms with Crippen molar-refractivity contribution in [3.63, 3.8) is 0 Å². The van der Waals surface area contributed by atoms with Gasteiger partial charge in [-0.3, -0.25) is 4.79 Å². The monoisotopic (exact) mass is 304 g/mol. The molecule has 0 atom stereocenters. The van der Waals surface area contributed by atoms with Crippen molar-refractivity contribution in [1.82, 2.24) is 9.55 Å². The number of nitrogens with zero attached hydrogens (tertiary/aromatic N) is 1. The van der Waals surface area contributed by atoms with E-state index in [9.17, 15) is 4.79 Å². The van der Waals surface area contributed by atoms with Crippen LogP contribution in [0.2, 0.25) is 0 Å². The fourth-order valence-electron chi connectivity index (χ4n) is 2.79. The van der Waals surface area contributed by atoms with Crippen molar-refractivity contribution in [3.8, 4) is 5.75 Å². The number of aromatic amines is 1. The first-order valence-corrected chi connectivity index (χ1v) is 7.50. The molecule has 0 bridgehead atoms. The van der Waals surface area contributed by atoms with Crippen LogP contribution in [0.15, 0.2) is 65.6 Å². The van der Waals surface area contributed by atoms with Gasteiger partial charge in [-0.15, -0.1) is 0 Å². The van der Waals surface area contributed by atoms with Crippen LogP contribution in [0.25, 0.3) is 21.8 Å². The molecule has 0 radical (unpaired) electrons. The molecule has 2 aromatic carbocycles. The molecular formula is C19H16N2O2. The predicted molar refractivity (Wildman–Crippen MR) is 91.8 cm³/mol. The summed E-state index contributed by atoms with van der Waals surface area (Å²) in [6, 6.07) is 17.9. The van der Waals surface area contributed by atoms with Crippen molar-refractivity contribution >= 4 is 21.8 Å². The molecule has 1 N–H and O–H groups in total. The molecule has 0 aliphatic carbocycles. The van der Waals surface area contributed by atoms with E-state index >= 15 is 0 Å². The summed E-state index contributed by atoms with van der Waals surface area (Å²) in [7, 11) is 1.75. The minimum Gasteiger partial charge on any atom is -0.489 e. The van der Waals surface area contributed by atoms with E-state index in [1.807, 2.05) is 54.6 Å². The Bertz CT molecular complexity index is 1050. The number of aromatic nitrogens is 2. The Balaban J connectivity index is 1.74. The minimum absolute atomic E-state index is 0.0227. The van der Waals surface area contributed by atoms with Crippen LogP contribution >= 0.6 is 0 Å². The summed E-state index contributed by atoms with van der Waals surface area (Å²) in [5.74, 6) is 0.794. The average molecular weight is 304 g/mol.